The van der Waals surface area contributed by atoms with Gasteiger partial charge in [0.25, 0.3) is 0 Å². The summed E-state index contributed by atoms with van der Waals surface area (Å²) in [5.41, 5.74) is 2.40. The lowest BCUT2D eigenvalue weighted by Crippen LogP contribution is -2.52. The van der Waals surface area contributed by atoms with Gasteiger partial charge in [0.05, 0.1) is 24.3 Å². The van der Waals surface area contributed by atoms with Gasteiger partial charge >= 0.3 is 20.5 Å². The van der Waals surface area contributed by atoms with E-state index in [1.807, 2.05) is 24.3 Å². The Labute approximate surface area is 402 Å². The van der Waals surface area contributed by atoms with Crippen molar-refractivity contribution in [2.24, 2.45) is 0 Å². The van der Waals surface area contributed by atoms with Crippen molar-refractivity contribution in [1.29, 1.82) is 0 Å². The molecular formula is C51H88N6O6Si3. The molecule has 12 nitrogen and oxygen atoms in total. The van der Waals surface area contributed by atoms with Crippen molar-refractivity contribution >= 4 is 66.4 Å². The Hall–Kier alpha value is -3.64. The normalized spacial score (nSPS) is 12.0. The number of unbranched alkanes of at least 4 members (excludes halogenated alkanes) is 18. The number of hydrogen-bond acceptors (Lipinski definition) is 12. The molecule has 0 saturated heterocycles. The number of carbonyl (C=O) groups excluding carboxylic acids is 2. The van der Waals surface area contributed by atoms with Crippen molar-refractivity contribution in [3.63, 3.8) is 0 Å². The number of carbonyl (C=O) groups is 2. The molecule has 1 aromatic heterocycles. The van der Waals surface area contributed by atoms with E-state index in [1.165, 1.54) is 103 Å². The van der Waals surface area contributed by atoms with E-state index in [1.54, 1.807) is 24.3 Å². The number of rotatable bonds is 37. The SMILES string of the molecule is CCCCCCCCCCCCOC(=O)c1ccc(Nc2nc(NCCC[Si](C)(O[Si](C)(C)C)O[Si](C)(C)C)nc(Nc3ccc(C(=O)OCCCCCCCCCCCC)cc3)n2)cc1. The molecule has 0 aliphatic carbocycles. The van der Waals surface area contributed by atoms with Crippen LogP contribution in [-0.4, -0.2) is 71.8 Å². The van der Waals surface area contributed by atoms with Gasteiger partial charge < -0.3 is 33.7 Å². The molecule has 2 aromatic carbocycles. The molecule has 370 valence electrons. The van der Waals surface area contributed by atoms with E-state index in [0.717, 1.165) is 38.1 Å². The quantitative estimate of drug-likeness (QED) is 0.0287. The fourth-order valence-electron chi connectivity index (χ4n) is 7.91. The zero-order valence-electron chi connectivity index (χ0n) is 42.6. The molecule has 0 aliphatic rings. The second-order valence-corrected chi connectivity index (χ2v) is 32.8. The average Bonchev–Trinajstić information content (AvgIpc) is 3.25. The maximum atomic E-state index is 12.8. The highest BCUT2D eigenvalue weighted by atomic mass is 28.5. The molecule has 0 radical (unpaired) electrons. The van der Waals surface area contributed by atoms with E-state index in [2.05, 4.69) is 80.6 Å². The zero-order chi connectivity index (χ0) is 48.1. The van der Waals surface area contributed by atoms with E-state index in [-0.39, 0.29) is 11.9 Å². The molecule has 3 rings (SSSR count). The van der Waals surface area contributed by atoms with Crippen LogP contribution in [0, 0.1) is 0 Å². The second-order valence-electron chi connectivity index (χ2n) is 19.9. The van der Waals surface area contributed by atoms with Crippen molar-refractivity contribution in [2.75, 3.05) is 35.7 Å². The lowest BCUT2D eigenvalue weighted by Gasteiger charge is -2.38. The van der Waals surface area contributed by atoms with E-state index < -0.39 is 25.2 Å². The summed E-state index contributed by atoms with van der Waals surface area (Å²) in [6.45, 7) is 21.5. The molecule has 3 aromatic rings. The van der Waals surface area contributed by atoms with Gasteiger partial charge in [-0.15, -0.1) is 0 Å². The summed E-state index contributed by atoms with van der Waals surface area (Å²) in [7, 11) is -6.06. The highest BCUT2D eigenvalue weighted by Crippen LogP contribution is 2.26. The van der Waals surface area contributed by atoms with E-state index in [0.29, 0.717) is 60.1 Å². The molecule has 0 fully saturated rings. The van der Waals surface area contributed by atoms with E-state index in [9.17, 15) is 9.59 Å². The summed E-state index contributed by atoms with van der Waals surface area (Å²) in [6, 6.07) is 15.1. The molecule has 0 amide bonds. The Balaban J connectivity index is 1.60. The minimum Gasteiger partial charge on any atom is -0.462 e. The third kappa shape index (κ3) is 26.0. The van der Waals surface area contributed by atoms with Gasteiger partial charge in [0, 0.05) is 17.9 Å². The standard InChI is InChI=1S/C51H88N6O6Si3/c1-10-12-14-16-18-20-22-24-26-28-40-60-47(58)43-31-35-45(36-32-43)53-50-55-49(52-39-30-42-66(9,62-64(3,4)5)63-65(6,7)8)56-51(57-50)54-46-37-33-44(34-38-46)48(59)61-41-29-27-25-23-21-19-17-15-13-11-2/h31-38H,10-30,39-42H2,1-9H3,(H3,52,53,54,55,56,57). The molecule has 15 heteroatoms. The van der Waals surface area contributed by atoms with Crippen LogP contribution in [0.4, 0.5) is 29.2 Å². The third-order valence-electron chi connectivity index (χ3n) is 11.0. The number of anilines is 5. The topological polar surface area (TPSA) is 146 Å². The first-order valence-corrected chi connectivity index (χ1v) is 34.9. The van der Waals surface area contributed by atoms with Crippen LogP contribution in [0.1, 0.15) is 169 Å². The van der Waals surface area contributed by atoms with Gasteiger partial charge in [0.1, 0.15) is 0 Å². The highest BCUT2D eigenvalue weighted by Gasteiger charge is 2.39. The summed E-state index contributed by atoms with van der Waals surface area (Å²) in [4.78, 5) is 39.7. The van der Waals surface area contributed by atoms with Crippen molar-refractivity contribution in [1.82, 2.24) is 15.0 Å². The summed E-state index contributed by atoms with van der Waals surface area (Å²) in [5, 5.41) is 9.98. The summed E-state index contributed by atoms with van der Waals surface area (Å²) >= 11 is 0. The number of benzene rings is 2. The van der Waals surface area contributed by atoms with Gasteiger partial charge in [0.2, 0.25) is 17.8 Å². The molecule has 0 aliphatic heterocycles. The minimum absolute atomic E-state index is 0.321. The molecule has 1 heterocycles. The van der Waals surface area contributed by atoms with Crippen LogP contribution < -0.4 is 16.0 Å². The maximum Gasteiger partial charge on any atom is 0.338 e. The van der Waals surface area contributed by atoms with Crippen LogP contribution >= 0.6 is 0 Å². The van der Waals surface area contributed by atoms with Gasteiger partial charge in [-0.25, -0.2) is 9.59 Å². The number of nitrogens with zero attached hydrogens (tertiary/aromatic N) is 3. The van der Waals surface area contributed by atoms with Gasteiger partial charge in [0.15, 0.2) is 16.6 Å². The number of nitrogens with one attached hydrogen (secondary N) is 3. The van der Waals surface area contributed by atoms with Crippen LogP contribution in [-0.2, 0) is 17.7 Å². The lowest BCUT2D eigenvalue weighted by molar-refractivity contribution is 0.0488. The molecule has 0 unspecified atom stereocenters. The summed E-state index contributed by atoms with van der Waals surface area (Å²) in [6.07, 6.45) is 25.4. The second kappa shape index (κ2) is 31.4. The fourth-order valence-corrected chi connectivity index (χ4v) is 20.4. The number of ether oxygens (including phenoxy) is 2. The molecule has 0 spiro atoms. The smallest absolute Gasteiger partial charge is 0.338 e. The summed E-state index contributed by atoms with van der Waals surface area (Å²) < 4.78 is 24.6. The first kappa shape index (κ1) is 56.7. The molecule has 0 atom stereocenters. The molecule has 66 heavy (non-hydrogen) atoms. The predicted octanol–water partition coefficient (Wildman–Crippen LogP) is 15.1. The largest absolute Gasteiger partial charge is 0.462 e. The van der Waals surface area contributed by atoms with E-state index >= 15 is 0 Å². The van der Waals surface area contributed by atoms with E-state index in [4.69, 9.17) is 27.7 Å². The Morgan fingerprint density at radius 1 is 0.455 bits per heavy atom. The van der Waals surface area contributed by atoms with Gasteiger partial charge in [-0.2, -0.15) is 15.0 Å². The molecule has 0 saturated carbocycles. The van der Waals surface area contributed by atoms with Crippen LogP contribution in [0.5, 0.6) is 0 Å². The zero-order valence-corrected chi connectivity index (χ0v) is 45.6. The fraction of sp³-hybridized carbons (Fsp3) is 0.667. The minimum atomic E-state index is -2.41. The van der Waals surface area contributed by atoms with Gasteiger partial charge in [-0.3, -0.25) is 0 Å². The van der Waals surface area contributed by atoms with Gasteiger partial charge in [-0.05, 0) is 120 Å². The monoisotopic (exact) mass is 965 g/mol. The molecule has 3 N–H and O–H groups in total. The lowest BCUT2D eigenvalue weighted by atomic mass is 10.1. The first-order valence-electron chi connectivity index (χ1n) is 25.6. The number of hydrogen-bond donors (Lipinski definition) is 3. The van der Waals surface area contributed by atoms with Crippen LogP contribution in [0.3, 0.4) is 0 Å². The molecule has 0 bridgehead atoms. The van der Waals surface area contributed by atoms with Crippen molar-refractivity contribution < 1.29 is 27.3 Å². The third-order valence-corrected chi connectivity index (χ3v) is 20.6. The predicted molar refractivity (Wildman–Crippen MR) is 282 cm³/mol. The first-order chi connectivity index (χ1) is 31.6. The number of aromatic nitrogens is 3. The summed E-state index contributed by atoms with van der Waals surface area (Å²) in [5.74, 6) is 0.390. The van der Waals surface area contributed by atoms with Crippen molar-refractivity contribution in [3.05, 3.63) is 59.7 Å². The Bertz CT molecular complexity index is 1670. The Morgan fingerprint density at radius 2 is 0.788 bits per heavy atom. The van der Waals surface area contributed by atoms with Crippen molar-refractivity contribution in [3.8, 4) is 0 Å². The Morgan fingerprint density at radius 3 is 1.14 bits per heavy atom. The van der Waals surface area contributed by atoms with Crippen LogP contribution in [0.25, 0.3) is 0 Å². The number of esters is 2. The molecular weight excluding hydrogens is 877 g/mol. The van der Waals surface area contributed by atoms with Crippen LogP contribution in [0.15, 0.2) is 48.5 Å². The van der Waals surface area contributed by atoms with Crippen molar-refractivity contribution in [2.45, 2.75) is 201 Å². The average molecular weight is 966 g/mol. The van der Waals surface area contributed by atoms with Crippen LogP contribution in [0.2, 0.25) is 51.9 Å². The maximum absolute atomic E-state index is 12.8. The Kier molecular flexibility index (Phi) is 27.0. The van der Waals surface area contributed by atoms with Gasteiger partial charge in [-0.1, -0.05) is 129 Å². The highest BCUT2D eigenvalue weighted by molar-refractivity contribution is 6.87.